The Morgan fingerprint density at radius 1 is 1.30 bits per heavy atom. The molecule has 1 atom stereocenters. The first kappa shape index (κ1) is 16.6. The van der Waals surface area contributed by atoms with Crippen molar-refractivity contribution in [3.05, 3.63) is 68.9 Å². The van der Waals surface area contributed by atoms with E-state index in [9.17, 15) is 15.4 Å². The Kier molecular flexibility index (Phi) is 4.41. The fraction of sp³-hybridized carbons (Fsp3) is 0.353. The van der Waals surface area contributed by atoms with Crippen molar-refractivity contribution in [2.24, 2.45) is 5.41 Å². The van der Waals surface area contributed by atoms with E-state index >= 15 is 0 Å². The van der Waals surface area contributed by atoms with Gasteiger partial charge in [0.2, 0.25) is 0 Å². The number of rotatable bonds is 3. The highest BCUT2D eigenvalue weighted by Gasteiger charge is 2.43. The van der Waals surface area contributed by atoms with Crippen molar-refractivity contribution in [1.82, 2.24) is 5.32 Å². The third kappa shape index (κ3) is 3.04. The first-order valence-corrected chi connectivity index (χ1v) is 7.25. The van der Waals surface area contributed by atoms with Crippen LogP contribution in [0.1, 0.15) is 32.3 Å². The lowest BCUT2D eigenvalue weighted by Gasteiger charge is -2.31. The summed E-state index contributed by atoms with van der Waals surface area (Å²) in [6.07, 6.45) is 0. The van der Waals surface area contributed by atoms with E-state index < -0.39 is 16.3 Å². The summed E-state index contributed by atoms with van der Waals surface area (Å²) >= 11 is 0. The summed E-state index contributed by atoms with van der Waals surface area (Å²) in [7, 11) is 1.57. The molecule has 0 radical (unpaired) electrons. The SMILES string of the molecule is CNC1=C([N+](=O)[O-])C(c2ccccc2)C(C#N)=C(C(C)(C)C)O1. The third-order valence-corrected chi connectivity index (χ3v) is 3.60. The topological polar surface area (TPSA) is 88.2 Å². The molecule has 0 amide bonds. The monoisotopic (exact) mass is 313 g/mol. The smallest absolute Gasteiger partial charge is 0.318 e. The van der Waals surface area contributed by atoms with Crippen LogP contribution in [-0.4, -0.2) is 12.0 Å². The third-order valence-electron chi connectivity index (χ3n) is 3.60. The zero-order chi connectivity index (χ0) is 17.2. The van der Waals surface area contributed by atoms with Gasteiger partial charge in [0.05, 0.1) is 16.6 Å². The molecule has 1 unspecified atom stereocenters. The van der Waals surface area contributed by atoms with E-state index in [0.29, 0.717) is 11.3 Å². The highest BCUT2D eigenvalue weighted by molar-refractivity contribution is 5.48. The van der Waals surface area contributed by atoms with Crippen LogP contribution >= 0.6 is 0 Å². The van der Waals surface area contributed by atoms with Crippen LogP contribution in [0, 0.1) is 26.9 Å². The second kappa shape index (κ2) is 6.13. The highest BCUT2D eigenvalue weighted by Crippen LogP contribution is 2.44. The predicted octanol–water partition coefficient (Wildman–Crippen LogP) is 3.29. The number of allylic oxidation sites excluding steroid dienone is 2. The Labute approximate surface area is 135 Å². The van der Waals surface area contributed by atoms with Crippen LogP contribution in [0.3, 0.4) is 0 Å². The van der Waals surface area contributed by atoms with Gasteiger partial charge in [-0.15, -0.1) is 0 Å². The Bertz CT molecular complexity index is 722. The van der Waals surface area contributed by atoms with E-state index in [1.165, 1.54) is 0 Å². The van der Waals surface area contributed by atoms with E-state index in [2.05, 4.69) is 11.4 Å². The minimum Gasteiger partial charge on any atom is -0.438 e. The molecule has 6 heteroatoms. The summed E-state index contributed by atoms with van der Waals surface area (Å²) in [4.78, 5) is 11.1. The largest absolute Gasteiger partial charge is 0.438 e. The van der Waals surface area contributed by atoms with Crippen molar-refractivity contribution >= 4 is 0 Å². The molecule has 1 aromatic rings. The van der Waals surface area contributed by atoms with E-state index in [0.717, 1.165) is 0 Å². The van der Waals surface area contributed by atoms with Gasteiger partial charge in [0.1, 0.15) is 11.7 Å². The lowest BCUT2D eigenvalue weighted by molar-refractivity contribution is -0.433. The molecule has 1 aromatic carbocycles. The molecule has 0 bridgehead atoms. The summed E-state index contributed by atoms with van der Waals surface area (Å²) in [6.45, 7) is 5.73. The number of hydrogen-bond acceptors (Lipinski definition) is 5. The van der Waals surface area contributed by atoms with Gasteiger partial charge in [-0.3, -0.25) is 10.1 Å². The molecule has 2 rings (SSSR count). The van der Waals surface area contributed by atoms with Crippen molar-refractivity contribution in [2.75, 3.05) is 7.05 Å². The first-order valence-electron chi connectivity index (χ1n) is 7.25. The number of hydrogen-bond donors (Lipinski definition) is 1. The summed E-state index contributed by atoms with van der Waals surface area (Å²) in [6, 6.07) is 11.1. The van der Waals surface area contributed by atoms with E-state index in [4.69, 9.17) is 4.74 Å². The first-order chi connectivity index (χ1) is 10.8. The van der Waals surface area contributed by atoms with Crippen LogP contribution < -0.4 is 5.32 Å². The van der Waals surface area contributed by atoms with Gasteiger partial charge in [-0.05, 0) is 5.56 Å². The summed E-state index contributed by atoms with van der Waals surface area (Å²) in [5.74, 6) is -0.238. The van der Waals surface area contributed by atoms with Gasteiger partial charge < -0.3 is 10.1 Å². The lowest BCUT2D eigenvalue weighted by atomic mass is 9.80. The molecule has 1 N–H and O–H groups in total. The Balaban J connectivity index is 2.77. The molecule has 0 saturated heterocycles. The second-order valence-electron chi connectivity index (χ2n) is 6.27. The molecule has 6 nitrogen and oxygen atoms in total. The van der Waals surface area contributed by atoms with Crippen molar-refractivity contribution in [3.63, 3.8) is 0 Å². The Hall–Kier alpha value is -2.81. The van der Waals surface area contributed by atoms with Crippen LogP contribution in [0.25, 0.3) is 0 Å². The molecular formula is C17H19N3O3. The van der Waals surface area contributed by atoms with Crippen molar-refractivity contribution in [3.8, 4) is 6.07 Å². The van der Waals surface area contributed by atoms with Gasteiger partial charge in [0, 0.05) is 12.5 Å². The molecule has 0 fully saturated rings. The fourth-order valence-electron chi connectivity index (χ4n) is 2.62. The highest BCUT2D eigenvalue weighted by atomic mass is 16.6. The zero-order valence-corrected chi connectivity index (χ0v) is 13.6. The Morgan fingerprint density at radius 3 is 2.35 bits per heavy atom. The molecule has 0 spiro atoms. The van der Waals surface area contributed by atoms with Crippen LogP contribution in [0.15, 0.2) is 53.2 Å². The minimum atomic E-state index is -0.762. The maximum atomic E-state index is 11.6. The predicted molar refractivity (Wildman–Crippen MR) is 85.4 cm³/mol. The summed E-state index contributed by atoms with van der Waals surface area (Å²) < 4.78 is 5.71. The number of ether oxygens (including phenoxy) is 1. The van der Waals surface area contributed by atoms with Crippen LogP contribution in [0.4, 0.5) is 0 Å². The average Bonchev–Trinajstić information content (AvgIpc) is 2.52. The quantitative estimate of drug-likeness (QED) is 0.683. The molecule has 0 aliphatic carbocycles. The maximum absolute atomic E-state index is 11.6. The lowest BCUT2D eigenvalue weighted by Crippen LogP contribution is -2.30. The van der Waals surface area contributed by atoms with Gasteiger partial charge in [-0.25, -0.2) is 0 Å². The molecule has 0 aromatic heterocycles. The number of nitrogens with one attached hydrogen (secondary N) is 1. The normalized spacial score (nSPS) is 18.3. The van der Waals surface area contributed by atoms with E-state index in [1.54, 1.807) is 31.3 Å². The summed E-state index contributed by atoms with van der Waals surface area (Å²) in [5, 5.41) is 24.0. The van der Waals surface area contributed by atoms with Gasteiger partial charge in [0.25, 0.3) is 5.88 Å². The summed E-state index contributed by atoms with van der Waals surface area (Å²) in [5.41, 5.74) is 0.355. The van der Waals surface area contributed by atoms with Gasteiger partial charge >= 0.3 is 5.70 Å². The van der Waals surface area contributed by atoms with Crippen molar-refractivity contribution < 1.29 is 9.66 Å². The minimum absolute atomic E-state index is 0.0766. The molecule has 1 aliphatic rings. The van der Waals surface area contributed by atoms with Crippen LogP contribution in [0.2, 0.25) is 0 Å². The van der Waals surface area contributed by atoms with Crippen LogP contribution in [0.5, 0.6) is 0 Å². The number of nitrogens with zero attached hydrogens (tertiary/aromatic N) is 2. The molecule has 0 saturated carbocycles. The van der Waals surface area contributed by atoms with Crippen molar-refractivity contribution in [2.45, 2.75) is 26.7 Å². The number of nitro groups is 1. The van der Waals surface area contributed by atoms with Crippen LogP contribution in [-0.2, 0) is 4.74 Å². The molecular weight excluding hydrogens is 294 g/mol. The standard InChI is InChI=1S/C17H19N3O3/c1-17(2,3)15-12(10-18)13(11-8-6-5-7-9-11)14(20(21)22)16(19-4)23-15/h5-9,13,19H,1-4H3. The second-order valence-corrected chi connectivity index (χ2v) is 6.27. The zero-order valence-electron chi connectivity index (χ0n) is 13.6. The number of benzene rings is 1. The number of nitriles is 1. The Morgan fingerprint density at radius 2 is 1.91 bits per heavy atom. The molecule has 23 heavy (non-hydrogen) atoms. The van der Waals surface area contributed by atoms with Gasteiger partial charge in [0.15, 0.2) is 0 Å². The maximum Gasteiger partial charge on any atom is 0.318 e. The van der Waals surface area contributed by atoms with Gasteiger partial charge in [-0.2, -0.15) is 5.26 Å². The average molecular weight is 313 g/mol. The fourth-order valence-corrected chi connectivity index (χ4v) is 2.62. The van der Waals surface area contributed by atoms with E-state index in [1.807, 2.05) is 26.8 Å². The van der Waals surface area contributed by atoms with E-state index in [-0.39, 0.29) is 17.2 Å². The molecule has 1 heterocycles. The van der Waals surface area contributed by atoms with Crippen molar-refractivity contribution in [1.29, 1.82) is 5.26 Å². The molecule has 1 aliphatic heterocycles. The molecule has 120 valence electrons. The van der Waals surface area contributed by atoms with Gasteiger partial charge in [-0.1, -0.05) is 51.1 Å².